The highest BCUT2D eigenvalue weighted by Gasteiger charge is 2.83. The van der Waals surface area contributed by atoms with Crippen LogP contribution in [0.15, 0.2) is 0 Å². The summed E-state index contributed by atoms with van der Waals surface area (Å²) in [5.74, 6) is -13.3. The smallest absolute Gasteiger partial charge is 0.323 e. The van der Waals surface area contributed by atoms with Crippen LogP contribution in [0.25, 0.3) is 0 Å². The van der Waals surface area contributed by atoms with Crippen LogP contribution in [-0.2, 0) is 24.0 Å². The first-order chi connectivity index (χ1) is 10.5. The first-order valence-corrected chi connectivity index (χ1v) is 6.68. The van der Waals surface area contributed by atoms with Gasteiger partial charge in [-0.3, -0.25) is 24.0 Å². The first kappa shape index (κ1) is 16.7. The summed E-state index contributed by atoms with van der Waals surface area (Å²) in [5, 5.41) is 46.8. The van der Waals surface area contributed by atoms with Crippen LogP contribution >= 0.6 is 0 Å². The SMILES string of the molecule is O=C(O)CC1CC2CC1(C(=O)O)C(C(=O)O)(C(=O)O)C2C(=O)O. The Labute approximate surface area is 128 Å². The van der Waals surface area contributed by atoms with E-state index < -0.39 is 71.3 Å². The Hall–Kier alpha value is -2.65. The van der Waals surface area contributed by atoms with Gasteiger partial charge < -0.3 is 25.5 Å². The van der Waals surface area contributed by atoms with Gasteiger partial charge in [-0.05, 0) is 24.7 Å². The zero-order chi connectivity index (χ0) is 17.7. The van der Waals surface area contributed by atoms with Crippen LogP contribution in [0.3, 0.4) is 0 Å². The number of hydrogen-bond acceptors (Lipinski definition) is 5. The van der Waals surface area contributed by atoms with Gasteiger partial charge in [-0.1, -0.05) is 0 Å². The molecule has 4 atom stereocenters. The summed E-state index contributed by atoms with van der Waals surface area (Å²) >= 11 is 0. The number of carbonyl (C=O) groups is 5. The maximum atomic E-state index is 11.9. The minimum absolute atomic E-state index is 0.155. The molecule has 0 amide bonds. The van der Waals surface area contributed by atoms with Crippen LogP contribution in [-0.4, -0.2) is 55.4 Å². The van der Waals surface area contributed by atoms with E-state index in [-0.39, 0.29) is 6.42 Å². The van der Waals surface area contributed by atoms with Crippen molar-refractivity contribution in [2.45, 2.75) is 19.3 Å². The number of hydrogen-bond donors (Lipinski definition) is 5. The Balaban J connectivity index is 2.77. The molecular weight excluding hydrogens is 316 g/mol. The van der Waals surface area contributed by atoms with Crippen molar-refractivity contribution in [3.05, 3.63) is 0 Å². The van der Waals surface area contributed by atoms with E-state index in [9.17, 15) is 44.4 Å². The average Bonchev–Trinajstić information content (AvgIpc) is 2.88. The van der Waals surface area contributed by atoms with Crippen molar-refractivity contribution in [1.29, 1.82) is 0 Å². The third kappa shape index (κ3) is 1.77. The Morgan fingerprint density at radius 2 is 1.39 bits per heavy atom. The fourth-order valence-corrected chi connectivity index (χ4v) is 4.62. The lowest BCUT2D eigenvalue weighted by atomic mass is 9.53. The Bertz CT molecular complexity index is 608. The zero-order valence-corrected chi connectivity index (χ0v) is 11.6. The van der Waals surface area contributed by atoms with E-state index in [4.69, 9.17) is 5.11 Å². The predicted molar refractivity (Wildman–Crippen MR) is 67.4 cm³/mol. The Morgan fingerprint density at radius 1 is 0.870 bits per heavy atom. The van der Waals surface area contributed by atoms with Gasteiger partial charge in [0.15, 0.2) is 5.41 Å². The van der Waals surface area contributed by atoms with Gasteiger partial charge >= 0.3 is 29.8 Å². The summed E-state index contributed by atoms with van der Waals surface area (Å²) in [4.78, 5) is 57.8. The zero-order valence-electron chi connectivity index (χ0n) is 11.6. The highest BCUT2D eigenvalue weighted by molar-refractivity contribution is 6.09. The van der Waals surface area contributed by atoms with Crippen molar-refractivity contribution in [2.75, 3.05) is 0 Å². The first-order valence-electron chi connectivity index (χ1n) is 6.68. The molecular formula is C13H14O10. The third-order valence-electron chi connectivity index (χ3n) is 5.25. The van der Waals surface area contributed by atoms with Crippen LogP contribution < -0.4 is 0 Å². The number of carboxylic acid groups (broad SMARTS) is 5. The van der Waals surface area contributed by atoms with E-state index in [0.717, 1.165) is 0 Å². The number of fused-ring (bicyclic) bond motifs is 2. The van der Waals surface area contributed by atoms with E-state index in [1.54, 1.807) is 0 Å². The lowest BCUT2D eigenvalue weighted by Gasteiger charge is -2.44. The molecule has 5 N–H and O–H groups in total. The van der Waals surface area contributed by atoms with Gasteiger partial charge in [0, 0.05) is 6.42 Å². The summed E-state index contributed by atoms with van der Waals surface area (Å²) in [6.45, 7) is 0. The molecule has 126 valence electrons. The fraction of sp³-hybridized carbons (Fsp3) is 0.615. The molecule has 0 aromatic heterocycles. The Morgan fingerprint density at radius 3 is 1.74 bits per heavy atom. The fourth-order valence-electron chi connectivity index (χ4n) is 4.62. The molecule has 0 radical (unpaired) electrons. The molecule has 2 rings (SSSR count). The molecule has 2 aliphatic rings. The van der Waals surface area contributed by atoms with Crippen molar-refractivity contribution >= 4 is 29.8 Å². The topological polar surface area (TPSA) is 186 Å². The summed E-state index contributed by atoms with van der Waals surface area (Å²) in [5.41, 5.74) is -5.58. The minimum atomic E-state index is -3.10. The molecule has 0 saturated heterocycles. The average molecular weight is 330 g/mol. The summed E-state index contributed by atoms with van der Waals surface area (Å²) in [6.07, 6.45) is -1.38. The van der Waals surface area contributed by atoms with Gasteiger partial charge in [-0.25, -0.2) is 0 Å². The van der Waals surface area contributed by atoms with Crippen molar-refractivity contribution in [3.8, 4) is 0 Å². The summed E-state index contributed by atoms with van der Waals surface area (Å²) in [7, 11) is 0. The van der Waals surface area contributed by atoms with Crippen molar-refractivity contribution < 1.29 is 49.5 Å². The maximum Gasteiger partial charge on any atom is 0.323 e. The molecule has 0 aromatic carbocycles. The molecule has 10 nitrogen and oxygen atoms in total. The summed E-state index contributed by atoms with van der Waals surface area (Å²) < 4.78 is 0. The second-order valence-corrected chi connectivity index (χ2v) is 6.01. The molecule has 2 fully saturated rings. The number of rotatable bonds is 6. The molecule has 0 heterocycles. The lowest BCUT2D eigenvalue weighted by molar-refractivity contribution is -0.199. The molecule has 0 spiro atoms. The lowest BCUT2D eigenvalue weighted by Crippen LogP contribution is -2.63. The maximum absolute atomic E-state index is 11.9. The molecule has 10 heteroatoms. The Kier molecular flexibility index (Phi) is 3.58. The molecule has 0 aliphatic heterocycles. The van der Waals surface area contributed by atoms with E-state index in [1.807, 2.05) is 0 Å². The molecule has 2 bridgehead atoms. The van der Waals surface area contributed by atoms with Crippen LogP contribution in [0.5, 0.6) is 0 Å². The van der Waals surface area contributed by atoms with Crippen LogP contribution in [0, 0.1) is 28.6 Å². The van der Waals surface area contributed by atoms with Gasteiger partial charge in [-0.15, -0.1) is 0 Å². The normalized spacial score (nSPS) is 34.0. The third-order valence-corrected chi connectivity index (χ3v) is 5.25. The van der Waals surface area contributed by atoms with Crippen LogP contribution in [0.4, 0.5) is 0 Å². The van der Waals surface area contributed by atoms with Crippen molar-refractivity contribution in [2.24, 2.45) is 28.6 Å². The molecule has 4 unspecified atom stereocenters. The second kappa shape index (κ2) is 4.93. The largest absolute Gasteiger partial charge is 0.481 e. The van der Waals surface area contributed by atoms with Gasteiger partial charge in [0.2, 0.25) is 0 Å². The number of aliphatic carboxylic acids is 5. The van der Waals surface area contributed by atoms with E-state index in [0.29, 0.717) is 0 Å². The van der Waals surface area contributed by atoms with Gasteiger partial charge in [0.1, 0.15) is 0 Å². The highest BCUT2D eigenvalue weighted by Crippen LogP contribution is 2.70. The van der Waals surface area contributed by atoms with Gasteiger partial charge in [-0.2, -0.15) is 0 Å². The molecule has 2 saturated carbocycles. The monoisotopic (exact) mass is 330 g/mol. The molecule has 2 aliphatic carbocycles. The van der Waals surface area contributed by atoms with Crippen molar-refractivity contribution in [1.82, 2.24) is 0 Å². The number of carboxylic acids is 5. The van der Waals surface area contributed by atoms with Crippen molar-refractivity contribution in [3.63, 3.8) is 0 Å². The van der Waals surface area contributed by atoms with Crippen LogP contribution in [0.2, 0.25) is 0 Å². The standard InChI is InChI=1S/C13H14O10/c14-6(15)2-5-1-4-3-12(5,9(18)19)13(10(20)21,11(22)23)7(4)8(16)17/h4-5,7H,1-3H2,(H,14,15)(H,16,17)(H,18,19)(H,20,21)(H,22,23). The highest BCUT2D eigenvalue weighted by atomic mass is 16.4. The van der Waals surface area contributed by atoms with E-state index in [2.05, 4.69) is 0 Å². The minimum Gasteiger partial charge on any atom is -0.481 e. The second-order valence-electron chi connectivity index (χ2n) is 6.01. The quantitative estimate of drug-likeness (QED) is 0.394. The van der Waals surface area contributed by atoms with E-state index >= 15 is 0 Å². The van der Waals surface area contributed by atoms with Crippen LogP contribution in [0.1, 0.15) is 19.3 Å². The van der Waals surface area contributed by atoms with Gasteiger partial charge in [0.05, 0.1) is 11.3 Å². The summed E-state index contributed by atoms with van der Waals surface area (Å²) in [6, 6.07) is 0. The molecule has 0 aromatic rings. The van der Waals surface area contributed by atoms with Gasteiger partial charge in [0.25, 0.3) is 0 Å². The molecule has 23 heavy (non-hydrogen) atoms. The van der Waals surface area contributed by atoms with E-state index in [1.165, 1.54) is 0 Å². The predicted octanol–water partition coefficient (Wildman–Crippen LogP) is -0.572.